The maximum atomic E-state index is 12.7. The number of thiol groups is 1. The van der Waals surface area contributed by atoms with Crippen LogP contribution in [0.5, 0.6) is 0 Å². The van der Waals surface area contributed by atoms with E-state index in [2.05, 4.69) is 24.9 Å². The molecule has 0 heterocycles. The Labute approximate surface area is 153 Å². The number of rotatable bonds is 10. The smallest absolute Gasteiger partial charge is 0.353 e. The van der Waals surface area contributed by atoms with Gasteiger partial charge in [-0.15, -0.1) is 12.6 Å². The second kappa shape index (κ2) is 11.2. The molecule has 0 aliphatic rings. The average Bonchev–Trinajstić information content (AvgIpc) is 2.53. The minimum Gasteiger partial charge on any atom is -0.353 e. The van der Waals surface area contributed by atoms with Crippen LogP contribution in [0, 0.1) is 0 Å². The molecule has 6 heteroatoms. The van der Waals surface area contributed by atoms with Crippen molar-refractivity contribution in [3.8, 4) is 0 Å². The molecule has 2 nitrogen and oxygen atoms in total. The van der Waals surface area contributed by atoms with Crippen molar-refractivity contribution in [1.82, 2.24) is 5.32 Å². The molecule has 1 N–H and O–H groups in total. The molecular weight excluding hydrogens is 347 g/mol. The molecule has 1 rings (SSSR count). The number of allylic oxidation sites excluding steroid dienone is 1. The second-order valence-corrected chi connectivity index (χ2v) is 6.50. The predicted octanol–water partition coefficient (Wildman–Crippen LogP) is 5.57. The summed E-state index contributed by atoms with van der Waals surface area (Å²) in [4.78, 5) is 11.6. The van der Waals surface area contributed by atoms with E-state index in [1.165, 1.54) is 43.9 Å². The molecule has 0 unspecified atom stereocenters. The van der Waals surface area contributed by atoms with E-state index in [4.69, 9.17) is 0 Å². The molecular formula is C19H26F3NOS. The number of carbonyl (C=O) groups is 1. The zero-order valence-corrected chi connectivity index (χ0v) is 15.4. The molecule has 0 atom stereocenters. The zero-order valence-electron chi connectivity index (χ0n) is 14.5. The van der Waals surface area contributed by atoms with Crippen LogP contribution in [0.25, 0.3) is 0 Å². The van der Waals surface area contributed by atoms with Crippen LogP contribution < -0.4 is 5.32 Å². The fourth-order valence-corrected chi connectivity index (χ4v) is 2.79. The third kappa shape index (κ3) is 9.00. The minimum atomic E-state index is -4.40. The molecule has 0 aliphatic heterocycles. The van der Waals surface area contributed by atoms with Crippen LogP contribution in [0.1, 0.15) is 56.6 Å². The van der Waals surface area contributed by atoms with Gasteiger partial charge in [0.05, 0.1) is 5.56 Å². The van der Waals surface area contributed by atoms with Gasteiger partial charge >= 0.3 is 6.18 Å². The molecule has 0 saturated carbocycles. The lowest BCUT2D eigenvalue weighted by Gasteiger charge is -2.10. The molecule has 0 spiro atoms. The van der Waals surface area contributed by atoms with Crippen molar-refractivity contribution in [2.75, 3.05) is 6.54 Å². The summed E-state index contributed by atoms with van der Waals surface area (Å²) in [6.07, 6.45) is 6.04. The fraction of sp³-hybridized carbons (Fsp3) is 0.526. The summed E-state index contributed by atoms with van der Waals surface area (Å²) in [7, 11) is 0. The number of benzene rings is 1. The number of nitrogens with one attached hydrogen (secondary N) is 1. The van der Waals surface area contributed by atoms with Crippen molar-refractivity contribution in [1.29, 1.82) is 0 Å². The van der Waals surface area contributed by atoms with Gasteiger partial charge < -0.3 is 5.32 Å². The number of halogens is 3. The first-order valence-electron chi connectivity index (χ1n) is 8.68. The lowest BCUT2D eigenvalue weighted by Crippen LogP contribution is -2.22. The average molecular weight is 373 g/mol. The number of carbonyl (C=O) groups excluding carboxylic acids is 1. The van der Waals surface area contributed by atoms with E-state index in [0.29, 0.717) is 18.5 Å². The van der Waals surface area contributed by atoms with Gasteiger partial charge in [-0.2, -0.15) is 13.2 Å². The number of hydrogen-bond donors (Lipinski definition) is 2. The van der Waals surface area contributed by atoms with Crippen molar-refractivity contribution in [3.05, 3.63) is 41.5 Å². The first-order chi connectivity index (χ1) is 11.8. The Bertz CT molecular complexity index is 570. The topological polar surface area (TPSA) is 29.1 Å². The molecule has 0 aliphatic carbocycles. The molecule has 0 radical (unpaired) electrons. The van der Waals surface area contributed by atoms with Crippen LogP contribution >= 0.6 is 12.6 Å². The van der Waals surface area contributed by atoms with Gasteiger partial charge in [0.15, 0.2) is 0 Å². The summed E-state index contributed by atoms with van der Waals surface area (Å²) in [5.41, 5.74) is -0.0711. The zero-order chi connectivity index (χ0) is 18.7. The monoisotopic (exact) mass is 373 g/mol. The van der Waals surface area contributed by atoms with Gasteiger partial charge in [-0.3, -0.25) is 4.79 Å². The molecule has 1 amide bonds. The first kappa shape index (κ1) is 21.6. The molecule has 0 fully saturated rings. The summed E-state index contributed by atoms with van der Waals surface area (Å²) in [5, 5.41) is 2.81. The van der Waals surface area contributed by atoms with E-state index in [1.807, 2.05) is 0 Å². The summed E-state index contributed by atoms with van der Waals surface area (Å²) in [5.74, 6) is -0.174. The Morgan fingerprint density at radius 2 is 1.84 bits per heavy atom. The number of hydrogen-bond acceptors (Lipinski definition) is 2. The number of unbranched alkanes of at least 4 members (excludes halogenated alkanes) is 5. The molecule has 0 bridgehead atoms. The van der Waals surface area contributed by atoms with Gasteiger partial charge in [0.2, 0.25) is 5.91 Å². The fourth-order valence-electron chi connectivity index (χ4n) is 2.42. The SMILES string of the molecule is CCCCCCCCNC(=O)C=CCc1ccc(C(F)(F)F)c(S)c1. The lowest BCUT2D eigenvalue weighted by molar-refractivity contribution is -0.139. The highest BCUT2D eigenvalue weighted by Crippen LogP contribution is 2.34. The lowest BCUT2D eigenvalue weighted by atomic mass is 10.1. The first-order valence-corrected chi connectivity index (χ1v) is 9.12. The second-order valence-electron chi connectivity index (χ2n) is 6.01. The Balaban J connectivity index is 2.30. The number of amides is 1. The minimum absolute atomic E-state index is 0.106. The Morgan fingerprint density at radius 3 is 2.48 bits per heavy atom. The van der Waals surface area contributed by atoms with Gasteiger partial charge in [0, 0.05) is 11.4 Å². The maximum Gasteiger partial charge on any atom is 0.417 e. The van der Waals surface area contributed by atoms with Crippen LogP contribution in [-0.4, -0.2) is 12.5 Å². The summed E-state index contributed by atoms with van der Waals surface area (Å²) >= 11 is 3.89. The third-order valence-electron chi connectivity index (χ3n) is 3.82. The van der Waals surface area contributed by atoms with Crippen molar-refractivity contribution < 1.29 is 18.0 Å². The molecule has 1 aromatic rings. The highest BCUT2D eigenvalue weighted by molar-refractivity contribution is 7.80. The van der Waals surface area contributed by atoms with E-state index < -0.39 is 11.7 Å². The van der Waals surface area contributed by atoms with Crippen molar-refractivity contribution in [2.24, 2.45) is 0 Å². The Hall–Kier alpha value is -1.43. The van der Waals surface area contributed by atoms with Crippen molar-refractivity contribution >= 4 is 18.5 Å². The van der Waals surface area contributed by atoms with E-state index in [9.17, 15) is 18.0 Å². The number of alkyl halides is 3. The standard InChI is InChI=1S/C19H26F3NOS/c1-2-3-4-5-6-7-13-23-18(24)10-8-9-15-11-12-16(17(25)14-15)19(20,21)22/h8,10-12,14,25H,2-7,9,13H2,1H3,(H,23,24). The van der Waals surface area contributed by atoms with Crippen LogP contribution in [0.15, 0.2) is 35.2 Å². The van der Waals surface area contributed by atoms with Gasteiger partial charge in [0.25, 0.3) is 0 Å². The Kier molecular flexibility index (Phi) is 9.71. The van der Waals surface area contributed by atoms with Crippen LogP contribution in [-0.2, 0) is 17.4 Å². The Morgan fingerprint density at radius 1 is 1.16 bits per heavy atom. The molecule has 140 valence electrons. The van der Waals surface area contributed by atoms with Crippen LogP contribution in [0.2, 0.25) is 0 Å². The molecule has 0 aromatic heterocycles. The summed E-state index contributed by atoms with van der Waals surface area (Å²) < 4.78 is 38.0. The highest BCUT2D eigenvalue weighted by atomic mass is 32.1. The van der Waals surface area contributed by atoms with Crippen LogP contribution in [0.3, 0.4) is 0 Å². The van der Waals surface area contributed by atoms with E-state index in [0.717, 1.165) is 18.9 Å². The normalized spacial score (nSPS) is 11.9. The van der Waals surface area contributed by atoms with E-state index in [1.54, 1.807) is 6.08 Å². The quantitative estimate of drug-likeness (QED) is 0.313. The maximum absolute atomic E-state index is 12.7. The molecule has 1 aromatic carbocycles. The molecule has 25 heavy (non-hydrogen) atoms. The van der Waals surface area contributed by atoms with Crippen molar-refractivity contribution in [2.45, 2.75) is 62.9 Å². The van der Waals surface area contributed by atoms with Gasteiger partial charge in [-0.25, -0.2) is 0 Å². The summed E-state index contributed by atoms with van der Waals surface area (Å²) in [6.45, 7) is 2.82. The van der Waals surface area contributed by atoms with E-state index >= 15 is 0 Å². The van der Waals surface area contributed by atoms with Gasteiger partial charge in [0.1, 0.15) is 0 Å². The largest absolute Gasteiger partial charge is 0.417 e. The summed E-state index contributed by atoms with van der Waals surface area (Å²) in [6, 6.07) is 3.80. The van der Waals surface area contributed by atoms with Crippen LogP contribution in [0.4, 0.5) is 13.2 Å². The predicted molar refractivity (Wildman–Crippen MR) is 97.9 cm³/mol. The van der Waals surface area contributed by atoms with Crippen molar-refractivity contribution in [3.63, 3.8) is 0 Å². The third-order valence-corrected chi connectivity index (χ3v) is 4.19. The van der Waals surface area contributed by atoms with E-state index in [-0.39, 0.29) is 10.8 Å². The highest BCUT2D eigenvalue weighted by Gasteiger charge is 2.32. The van der Waals surface area contributed by atoms with Gasteiger partial charge in [-0.1, -0.05) is 51.2 Å². The van der Waals surface area contributed by atoms with Gasteiger partial charge in [-0.05, 0) is 36.6 Å². The molecule has 0 saturated heterocycles.